The molecule has 68 heavy (non-hydrogen) atoms. The van der Waals surface area contributed by atoms with Crippen LogP contribution < -0.4 is 43.0 Å². The average Bonchev–Trinajstić information content (AvgIpc) is 3.58. The van der Waals surface area contributed by atoms with E-state index < -0.39 is 128 Å². The fourth-order valence-corrected chi connectivity index (χ4v) is 7.19. The van der Waals surface area contributed by atoms with Gasteiger partial charge in [-0.05, 0) is 55.4 Å². The number of phenolic OH excluding ortho intramolecular Hbond substituents is 1. The fourth-order valence-electron chi connectivity index (χ4n) is 7.19. The predicted octanol–water partition coefficient (Wildman–Crippen LogP) is -0.642. The average molecular weight is 955 g/mol. The Morgan fingerprint density at radius 3 is 1.75 bits per heavy atom. The molecule has 0 aromatic heterocycles. The lowest BCUT2D eigenvalue weighted by Gasteiger charge is -2.28. The normalized spacial score (nSPS) is 15.2. The van der Waals surface area contributed by atoms with Crippen LogP contribution in [0.5, 0.6) is 5.75 Å². The molecule has 0 spiro atoms. The lowest BCUT2D eigenvalue weighted by molar-refractivity contribution is -0.139. The summed E-state index contributed by atoms with van der Waals surface area (Å²) in [6.45, 7) is -0.491. The molecule has 372 valence electrons. The largest absolute Gasteiger partial charge is 0.508 e. The van der Waals surface area contributed by atoms with Crippen molar-refractivity contribution in [1.29, 1.82) is 0 Å². The van der Waals surface area contributed by atoms with E-state index in [4.69, 9.17) is 15.6 Å². The highest BCUT2D eigenvalue weighted by Crippen LogP contribution is 2.27. The van der Waals surface area contributed by atoms with Gasteiger partial charge in [-0.1, -0.05) is 81.0 Å². The Labute approximate surface area is 392 Å². The van der Waals surface area contributed by atoms with Gasteiger partial charge in [0.2, 0.25) is 41.4 Å². The molecule has 2 aromatic carbocycles. The highest BCUT2D eigenvalue weighted by Gasteiger charge is 2.34. The summed E-state index contributed by atoms with van der Waals surface area (Å²) in [6.07, 6.45) is 1.94. The first-order valence-electron chi connectivity index (χ1n) is 22.2. The number of benzene rings is 2. The number of aliphatic hydroxyl groups is 1. The van der Waals surface area contributed by atoms with Crippen LogP contribution in [0.3, 0.4) is 0 Å². The summed E-state index contributed by atoms with van der Waals surface area (Å²) in [5.74, 6) is -9.49. The van der Waals surface area contributed by atoms with E-state index in [1.165, 1.54) is 31.2 Å². The smallest absolute Gasteiger partial charge is 0.408 e. The summed E-state index contributed by atoms with van der Waals surface area (Å²) >= 11 is 0. The highest BCUT2D eigenvalue weighted by atomic mass is 16.5. The van der Waals surface area contributed by atoms with E-state index in [0.29, 0.717) is 24.0 Å². The quantitative estimate of drug-likeness (QED) is 0.0496. The van der Waals surface area contributed by atoms with Gasteiger partial charge in [-0.2, -0.15) is 0 Å². The molecular weight excluding hydrogens is 893 g/mol. The van der Waals surface area contributed by atoms with E-state index in [0.717, 1.165) is 25.7 Å². The zero-order chi connectivity index (χ0) is 50.2. The third kappa shape index (κ3) is 20.5. The SMILES string of the molecule is C[C@H](NC(=O)OCc1ccccc1)C(=O)NCC(=O)N[C@@H](CCC(=O)O)C(=O)N[C@@H](CO)C(=O)N[C@@H](CC1CCCCCC1)C(=O)N[C@@H](Cc1ccc(O)cc1)C(=O)N[C@@H](CCC(=O)O)C(N)=O. The maximum absolute atomic E-state index is 14.2. The standard InChI is InChI=1S/C45H62N8O15/c1-26(48-45(67)68-25-29-11-7-4-8-12-29)40(62)47-23-36(56)49-32(18-20-38(59)60)41(63)53-35(24-54)44(66)52-33(21-27-9-5-2-3-6-10-27)43(65)51-34(22-28-13-15-30(55)16-14-28)42(64)50-31(39(46)61)17-19-37(57)58/h4,7-8,11-16,26-27,31-35,54-55H,2-3,5-6,9-10,17-25H2,1H3,(H2,46,61)(H,47,62)(H,48,67)(H,49,56)(H,50,64)(H,51,65)(H,52,66)(H,53,63)(H,57,58)(H,59,60)/t26-,31-,32-,33-,34-,35-/m0/s1. The maximum Gasteiger partial charge on any atom is 0.408 e. The van der Waals surface area contributed by atoms with E-state index in [-0.39, 0.29) is 37.5 Å². The highest BCUT2D eigenvalue weighted by molar-refractivity contribution is 5.97. The van der Waals surface area contributed by atoms with Gasteiger partial charge in [0.1, 0.15) is 48.6 Å². The van der Waals surface area contributed by atoms with Crippen molar-refractivity contribution in [2.24, 2.45) is 11.7 Å². The molecular formula is C45H62N8O15. The number of carboxylic acid groups (broad SMARTS) is 2. The monoisotopic (exact) mass is 954 g/mol. The molecule has 6 atom stereocenters. The Hall–Kier alpha value is -7.30. The van der Waals surface area contributed by atoms with Gasteiger partial charge in [-0.25, -0.2) is 4.79 Å². The number of carbonyl (C=O) groups is 10. The molecule has 0 saturated heterocycles. The van der Waals surface area contributed by atoms with Gasteiger partial charge in [0.25, 0.3) is 0 Å². The molecule has 23 nitrogen and oxygen atoms in total. The Balaban J connectivity index is 1.75. The minimum Gasteiger partial charge on any atom is -0.508 e. The Morgan fingerprint density at radius 1 is 0.632 bits per heavy atom. The number of alkyl carbamates (subject to hydrolysis) is 1. The second-order valence-corrected chi connectivity index (χ2v) is 16.4. The van der Waals surface area contributed by atoms with Crippen molar-refractivity contribution < 1.29 is 73.1 Å². The van der Waals surface area contributed by atoms with Crippen molar-refractivity contribution in [2.75, 3.05) is 13.2 Å². The Kier molecular flexibility index (Phi) is 23.2. The third-order valence-corrected chi connectivity index (χ3v) is 11.0. The number of aliphatic carboxylic acids is 2. The Bertz CT molecular complexity index is 2050. The number of carbonyl (C=O) groups excluding carboxylic acids is 8. The summed E-state index contributed by atoms with van der Waals surface area (Å²) in [5.41, 5.74) is 6.60. The van der Waals surface area contributed by atoms with E-state index in [9.17, 15) is 63.3 Å². The van der Waals surface area contributed by atoms with Crippen molar-refractivity contribution >= 4 is 59.4 Å². The van der Waals surface area contributed by atoms with Crippen LogP contribution in [0.2, 0.25) is 0 Å². The minimum atomic E-state index is -1.76. The van der Waals surface area contributed by atoms with Gasteiger partial charge >= 0.3 is 18.0 Å². The molecule has 1 aliphatic carbocycles. The molecule has 8 amide bonds. The first-order valence-corrected chi connectivity index (χ1v) is 22.2. The van der Waals surface area contributed by atoms with E-state index in [1.54, 1.807) is 30.3 Å². The molecule has 1 fully saturated rings. The van der Waals surface area contributed by atoms with Gasteiger partial charge in [0, 0.05) is 19.3 Å². The van der Waals surface area contributed by atoms with Crippen molar-refractivity contribution in [1.82, 2.24) is 37.2 Å². The van der Waals surface area contributed by atoms with Crippen LogP contribution in [0.15, 0.2) is 54.6 Å². The van der Waals surface area contributed by atoms with Crippen molar-refractivity contribution in [3.05, 3.63) is 65.7 Å². The number of hydrogen-bond donors (Lipinski definition) is 12. The number of phenols is 1. The number of hydrogen-bond acceptors (Lipinski definition) is 13. The fraction of sp³-hybridized carbons (Fsp3) is 0.511. The van der Waals surface area contributed by atoms with Crippen molar-refractivity contribution in [3.63, 3.8) is 0 Å². The minimum absolute atomic E-state index is 0.0613. The molecule has 0 radical (unpaired) electrons. The number of nitrogens with one attached hydrogen (secondary N) is 7. The molecule has 3 rings (SSSR count). The summed E-state index contributed by atoms with van der Waals surface area (Å²) in [7, 11) is 0. The Morgan fingerprint density at radius 2 is 1.16 bits per heavy atom. The number of aliphatic hydroxyl groups excluding tert-OH is 1. The molecule has 13 N–H and O–H groups in total. The topological polar surface area (TPSA) is 371 Å². The van der Waals surface area contributed by atoms with Gasteiger partial charge < -0.3 is 68.1 Å². The van der Waals surface area contributed by atoms with E-state index in [2.05, 4.69) is 37.2 Å². The van der Waals surface area contributed by atoms with Crippen molar-refractivity contribution in [3.8, 4) is 5.75 Å². The molecule has 23 heteroatoms. The summed E-state index contributed by atoms with van der Waals surface area (Å²) in [4.78, 5) is 128. The maximum atomic E-state index is 14.2. The first kappa shape index (κ1) is 55.0. The van der Waals surface area contributed by atoms with Gasteiger partial charge in [-0.15, -0.1) is 0 Å². The second-order valence-electron chi connectivity index (χ2n) is 16.4. The third-order valence-electron chi connectivity index (χ3n) is 11.0. The van der Waals surface area contributed by atoms with Crippen LogP contribution in [0.4, 0.5) is 4.79 Å². The lowest BCUT2D eigenvalue weighted by Crippen LogP contribution is -2.60. The van der Waals surface area contributed by atoms with Gasteiger partial charge in [0.15, 0.2) is 0 Å². The van der Waals surface area contributed by atoms with E-state index in [1.807, 2.05) is 0 Å². The van der Waals surface area contributed by atoms with Crippen molar-refractivity contribution in [2.45, 2.75) is 127 Å². The molecule has 0 unspecified atom stereocenters. The number of amides is 8. The number of ether oxygens (including phenoxy) is 1. The zero-order valence-electron chi connectivity index (χ0n) is 37.7. The molecule has 0 bridgehead atoms. The first-order chi connectivity index (χ1) is 32.3. The van der Waals surface area contributed by atoms with Crippen LogP contribution in [-0.2, 0) is 60.9 Å². The number of carboxylic acids is 2. The van der Waals surface area contributed by atoms with Crippen LogP contribution in [0.25, 0.3) is 0 Å². The van der Waals surface area contributed by atoms with Gasteiger partial charge in [0.05, 0.1) is 13.2 Å². The number of nitrogens with two attached hydrogens (primary N) is 1. The molecule has 1 saturated carbocycles. The summed E-state index contributed by atoms with van der Waals surface area (Å²) in [6, 6.07) is 5.62. The van der Waals surface area contributed by atoms with Crippen LogP contribution in [0, 0.1) is 5.92 Å². The number of primary amides is 1. The zero-order valence-corrected chi connectivity index (χ0v) is 37.7. The van der Waals surface area contributed by atoms with Gasteiger partial charge in [-0.3, -0.25) is 43.2 Å². The van der Waals surface area contributed by atoms with Crippen LogP contribution in [-0.4, -0.2) is 129 Å². The second kappa shape index (κ2) is 28.7. The summed E-state index contributed by atoms with van der Waals surface area (Å²) in [5, 5.41) is 55.3. The number of aromatic hydroxyl groups is 1. The van der Waals surface area contributed by atoms with Crippen LogP contribution in [0.1, 0.15) is 88.7 Å². The number of rotatable bonds is 27. The van der Waals surface area contributed by atoms with E-state index >= 15 is 0 Å². The lowest BCUT2D eigenvalue weighted by atomic mass is 9.91. The predicted molar refractivity (Wildman–Crippen MR) is 240 cm³/mol. The molecule has 0 aliphatic heterocycles. The summed E-state index contributed by atoms with van der Waals surface area (Å²) < 4.78 is 5.09. The van der Waals surface area contributed by atoms with Crippen LogP contribution >= 0.6 is 0 Å². The molecule has 1 aliphatic rings. The molecule has 0 heterocycles. The molecule has 2 aromatic rings.